The predicted molar refractivity (Wildman–Crippen MR) is 172 cm³/mol. The summed E-state index contributed by atoms with van der Waals surface area (Å²) < 4.78 is 25.5. The van der Waals surface area contributed by atoms with Crippen molar-refractivity contribution in [1.82, 2.24) is 20.9 Å². The van der Waals surface area contributed by atoms with Gasteiger partial charge in [0.1, 0.15) is 12.1 Å². The number of piperidine rings is 1. The van der Waals surface area contributed by atoms with Crippen LogP contribution in [0.3, 0.4) is 0 Å². The van der Waals surface area contributed by atoms with Gasteiger partial charge in [-0.1, -0.05) is 67.2 Å². The highest BCUT2D eigenvalue weighted by molar-refractivity contribution is 7.92. The van der Waals surface area contributed by atoms with E-state index in [1.807, 2.05) is 41.5 Å². The predicted octanol–water partition coefficient (Wildman–Crippen LogP) is 2.44. The number of carbonyl (C=O) groups excluding carboxylic acids is 5. The van der Waals surface area contributed by atoms with Gasteiger partial charge in [-0.25, -0.2) is 13.2 Å². The van der Waals surface area contributed by atoms with Gasteiger partial charge in [0.2, 0.25) is 17.6 Å². The molecule has 0 bridgehead atoms. The van der Waals surface area contributed by atoms with Gasteiger partial charge >= 0.3 is 6.03 Å². The number of amides is 5. The Labute approximate surface area is 268 Å². The molecule has 1 heterocycles. The molecule has 5 atom stereocenters. The van der Waals surface area contributed by atoms with Crippen LogP contribution in [0.1, 0.15) is 107 Å². The third-order valence-corrected chi connectivity index (χ3v) is 13.0. The molecule has 13 heteroatoms. The lowest BCUT2D eigenvalue weighted by Crippen LogP contribution is -2.64. The Morgan fingerprint density at radius 1 is 0.956 bits per heavy atom. The van der Waals surface area contributed by atoms with E-state index < -0.39 is 73.2 Å². The monoisotopic (exact) mass is 653 g/mol. The number of nitrogens with two attached hydrogens (primary N) is 1. The fraction of sp³-hybridized carbons (Fsp3) is 0.844. The molecule has 5 N–H and O–H groups in total. The van der Waals surface area contributed by atoms with E-state index in [-0.39, 0.29) is 29.4 Å². The van der Waals surface area contributed by atoms with E-state index in [1.165, 1.54) is 4.90 Å². The molecule has 3 fully saturated rings. The fourth-order valence-electron chi connectivity index (χ4n) is 7.14. The van der Waals surface area contributed by atoms with Gasteiger partial charge in [-0.3, -0.25) is 19.2 Å². The van der Waals surface area contributed by atoms with E-state index in [4.69, 9.17) is 5.73 Å². The zero-order valence-corrected chi connectivity index (χ0v) is 29.4. The highest BCUT2D eigenvalue weighted by Crippen LogP contribution is 2.65. The van der Waals surface area contributed by atoms with Gasteiger partial charge in [0.05, 0.1) is 22.1 Å². The van der Waals surface area contributed by atoms with Crippen LogP contribution >= 0.6 is 0 Å². The van der Waals surface area contributed by atoms with Crippen molar-refractivity contribution >= 4 is 39.4 Å². The minimum absolute atomic E-state index is 0.0521. The molecule has 1 saturated heterocycles. The summed E-state index contributed by atoms with van der Waals surface area (Å²) in [6.45, 7) is 16.6. The summed E-state index contributed by atoms with van der Waals surface area (Å²) in [5.74, 6) is -3.28. The summed E-state index contributed by atoms with van der Waals surface area (Å²) in [6, 6.07) is -3.65. The highest BCUT2D eigenvalue weighted by atomic mass is 32.2. The second-order valence-electron chi connectivity index (χ2n) is 16.1. The molecular formula is C32H55N5O7S. The van der Waals surface area contributed by atoms with Crippen molar-refractivity contribution in [2.75, 3.05) is 12.3 Å². The lowest BCUT2D eigenvalue weighted by molar-refractivity contribution is -0.145. The summed E-state index contributed by atoms with van der Waals surface area (Å²) >= 11 is 0. The minimum Gasteiger partial charge on any atom is -0.363 e. The minimum atomic E-state index is -3.56. The maximum Gasteiger partial charge on any atom is 0.315 e. The van der Waals surface area contributed by atoms with Crippen LogP contribution in [0, 0.1) is 22.7 Å². The highest BCUT2D eigenvalue weighted by Gasteiger charge is 2.70. The van der Waals surface area contributed by atoms with Crippen molar-refractivity contribution < 1.29 is 32.4 Å². The SMILES string of the molecule is CCCC(NC(=O)[C@@H]1C2[C@H](CN1C(=O)[C@@H](NC(=O)NC1(CS(=O)(=O)C(C)(C)C)CCCCC1)C(C)(C)C)C2(C)C)C(=O)C(N)=O. The zero-order chi connectivity index (χ0) is 34.3. The Balaban J connectivity index is 1.86. The first-order chi connectivity index (χ1) is 20.5. The van der Waals surface area contributed by atoms with Gasteiger partial charge < -0.3 is 26.6 Å². The molecular weight excluding hydrogens is 598 g/mol. The van der Waals surface area contributed by atoms with Crippen LogP contribution in [0.4, 0.5) is 4.79 Å². The van der Waals surface area contributed by atoms with E-state index in [0.29, 0.717) is 25.8 Å². The van der Waals surface area contributed by atoms with Crippen molar-refractivity contribution in [1.29, 1.82) is 0 Å². The number of fused-ring (bicyclic) bond motifs is 1. The summed E-state index contributed by atoms with van der Waals surface area (Å²) in [5.41, 5.74) is 3.31. The van der Waals surface area contributed by atoms with Crippen LogP contribution in [-0.2, 0) is 29.0 Å². The quantitative estimate of drug-likeness (QED) is 0.247. The fourth-order valence-corrected chi connectivity index (χ4v) is 8.66. The van der Waals surface area contributed by atoms with Gasteiger partial charge in [-0.15, -0.1) is 0 Å². The van der Waals surface area contributed by atoms with E-state index in [9.17, 15) is 32.4 Å². The second kappa shape index (κ2) is 12.8. The Hall–Kier alpha value is -2.70. The number of hydrogen-bond donors (Lipinski definition) is 4. The molecule has 2 unspecified atom stereocenters. The Morgan fingerprint density at radius 3 is 2.02 bits per heavy atom. The van der Waals surface area contributed by atoms with Gasteiger partial charge in [-0.05, 0) is 62.7 Å². The number of Topliss-reactive ketones (excluding diaryl/α,β-unsaturated/α-hetero) is 1. The van der Waals surface area contributed by atoms with Crippen molar-refractivity contribution in [3.8, 4) is 0 Å². The van der Waals surface area contributed by atoms with E-state index in [1.54, 1.807) is 20.8 Å². The second-order valence-corrected chi connectivity index (χ2v) is 18.8. The maximum absolute atomic E-state index is 14.3. The van der Waals surface area contributed by atoms with Crippen LogP contribution in [0.15, 0.2) is 0 Å². The Kier molecular flexibility index (Phi) is 10.5. The van der Waals surface area contributed by atoms with Gasteiger partial charge in [0.25, 0.3) is 5.91 Å². The average Bonchev–Trinajstić information content (AvgIpc) is 3.21. The number of nitrogens with one attached hydrogen (secondary N) is 3. The molecule has 2 aliphatic carbocycles. The molecule has 0 aromatic heterocycles. The smallest absolute Gasteiger partial charge is 0.315 e. The first-order valence-electron chi connectivity index (χ1n) is 16.2. The number of nitrogens with zero attached hydrogens (tertiary/aromatic N) is 1. The lowest BCUT2D eigenvalue weighted by Gasteiger charge is -2.41. The van der Waals surface area contributed by atoms with Crippen LogP contribution in [0.25, 0.3) is 0 Å². The number of rotatable bonds is 11. The third-order valence-electron chi connectivity index (χ3n) is 10.2. The summed E-state index contributed by atoms with van der Waals surface area (Å²) in [7, 11) is -3.56. The van der Waals surface area contributed by atoms with E-state index in [0.717, 1.165) is 19.3 Å². The molecule has 45 heavy (non-hydrogen) atoms. The molecule has 3 rings (SSSR count). The summed E-state index contributed by atoms with van der Waals surface area (Å²) in [5, 5.41) is 8.52. The maximum atomic E-state index is 14.3. The number of sulfone groups is 1. The van der Waals surface area contributed by atoms with Crippen LogP contribution < -0.4 is 21.7 Å². The van der Waals surface area contributed by atoms with Gasteiger partial charge in [0.15, 0.2) is 9.84 Å². The van der Waals surface area contributed by atoms with Crippen LogP contribution in [-0.4, -0.2) is 83.6 Å². The van der Waals surface area contributed by atoms with Crippen LogP contribution in [0.2, 0.25) is 0 Å². The first kappa shape index (κ1) is 36.8. The first-order valence-corrected chi connectivity index (χ1v) is 17.9. The molecule has 0 aromatic rings. The number of primary amides is 1. The molecule has 2 saturated carbocycles. The summed E-state index contributed by atoms with van der Waals surface area (Å²) in [4.78, 5) is 67.2. The zero-order valence-electron chi connectivity index (χ0n) is 28.5. The topological polar surface area (TPSA) is 185 Å². The lowest BCUT2D eigenvalue weighted by atomic mass is 9.83. The summed E-state index contributed by atoms with van der Waals surface area (Å²) in [6.07, 6.45) is 4.29. The van der Waals surface area contributed by atoms with Crippen LogP contribution in [0.5, 0.6) is 0 Å². The Bertz CT molecular complexity index is 1290. The van der Waals surface area contributed by atoms with Crippen molar-refractivity contribution in [2.45, 2.75) is 136 Å². The molecule has 3 aliphatic rings. The number of urea groups is 1. The standard InChI is InChI=1S/C32H55N5O7S/c1-10-14-20(23(38)25(33)39)34-26(40)22-21-19(31(21,8)9)17-37(22)27(41)24(29(2,3)4)35-28(42)36-32(15-12-11-13-16-32)18-45(43,44)30(5,6)7/h19-22,24H,10-18H2,1-9H3,(H2,33,39)(H,34,40)(H2,35,36,42)/t19-,20?,21?,22-,24+/m0/s1. The molecule has 1 aliphatic heterocycles. The molecule has 0 spiro atoms. The van der Waals surface area contributed by atoms with E-state index >= 15 is 0 Å². The molecule has 0 radical (unpaired) electrons. The normalized spacial score (nSPS) is 25.4. The van der Waals surface area contributed by atoms with Gasteiger partial charge in [0, 0.05) is 6.54 Å². The van der Waals surface area contributed by atoms with Gasteiger partial charge in [-0.2, -0.15) is 0 Å². The average molecular weight is 654 g/mol. The molecule has 256 valence electrons. The van der Waals surface area contributed by atoms with E-state index in [2.05, 4.69) is 16.0 Å². The molecule has 12 nitrogen and oxygen atoms in total. The number of carbonyl (C=O) groups is 5. The van der Waals surface area contributed by atoms with Crippen molar-refractivity contribution in [2.24, 2.45) is 28.4 Å². The van der Waals surface area contributed by atoms with Crippen molar-refractivity contribution in [3.63, 3.8) is 0 Å². The number of ketones is 1. The number of likely N-dealkylation sites (tertiary alicyclic amines) is 1. The largest absolute Gasteiger partial charge is 0.363 e. The number of hydrogen-bond acceptors (Lipinski definition) is 7. The molecule has 0 aromatic carbocycles. The Morgan fingerprint density at radius 2 is 1.53 bits per heavy atom. The third kappa shape index (κ3) is 7.82. The van der Waals surface area contributed by atoms with Crippen molar-refractivity contribution in [3.05, 3.63) is 0 Å². The molecule has 5 amide bonds.